The fraction of sp³-hybridized carbons (Fsp3) is 0.842. The van der Waals surface area contributed by atoms with Gasteiger partial charge in [-0.15, -0.1) is 0 Å². The van der Waals surface area contributed by atoms with E-state index in [2.05, 4.69) is 20.1 Å². The maximum absolute atomic E-state index is 12.3. The summed E-state index contributed by atoms with van der Waals surface area (Å²) in [6.45, 7) is 10.1. The molecule has 0 aromatic rings. The number of carbonyl (C=O) groups excluding carboxylic acids is 2. The van der Waals surface area contributed by atoms with Crippen molar-refractivity contribution in [3.8, 4) is 0 Å². The molecule has 2 atom stereocenters. The molecule has 27 heavy (non-hydrogen) atoms. The molecule has 4 rings (SSSR count). The summed E-state index contributed by atoms with van der Waals surface area (Å²) in [6.07, 6.45) is 2.74. The van der Waals surface area contributed by atoms with Gasteiger partial charge in [0.05, 0.1) is 12.6 Å². The lowest BCUT2D eigenvalue weighted by molar-refractivity contribution is -0.128. The van der Waals surface area contributed by atoms with Crippen molar-refractivity contribution in [2.45, 2.75) is 57.7 Å². The van der Waals surface area contributed by atoms with E-state index < -0.39 is 5.60 Å². The molecule has 0 aromatic carbocycles. The Morgan fingerprint density at radius 1 is 1.19 bits per heavy atom. The average Bonchev–Trinajstić information content (AvgIpc) is 3.25. The zero-order valence-corrected chi connectivity index (χ0v) is 16.6. The Labute approximate surface area is 160 Å². The topological polar surface area (TPSA) is 77.5 Å². The number of aliphatic imine (C=N–C) groups is 1. The zero-order valence-electron chi connectivity index (χ0n) is 16.6. The number of fused-ring (bicyclic) bond motifs is 1. The molecule has 8 heteroatoms. The van der Waals surface area contributed by atoms with Crippen LogP contribution in [0.2, 0.25) is 0 Å². The molecule has 1 aliphatic carbocycles. The van der Waals surface area contributed by atoms with Crippen LogP contribution in [0.4, 0.5) is 4.79 Å². The fourth-order valence-corrected chi connectivity index (χ4v) is 4.14. The molecular weight excluding hydrogens is 346 g/mol. The third kappa shape index (κ3) is 4.14. The number of likely N-dealkylation sites (tertiary alicyclic amines) is 1. The van der Waals surface area contributed by atoms with E-state index in [1.54, 1.807) is 4.90 Å². The maximum Gasteiger partial charge on any atom is 0.410 e. The molecule has 0 aromatic heterocycles. The molecule has 3 fully saturated rings. The van der Waals surface area contributed by atoms with E-state index in [4.69, 9.17) is 4.74 Å². The fourth-order valence-electron chi connectivity index (χ4n) is 4.14. The van der Waals surface area contributed by atoms with Crippen LogP contribution in [0.25, 0.3) is 0 Å². The summed E-state index contributed by atoms with van der Waals surface area (Å²) in [5.41, 5.74) is -0.472. The van der Waals surface area contributed by atoms with Crippen molar-refractivity contribution in [1.29, 1.82) is 0 Å². The van der Waals surface area contributed by atoms with Gasteiger partial charge in [0.25, 0.3) is 0 Å². The second-order valence-electron chi connectivity index (χ2n) is 9.17. The van der Waals surface area contributed by atoms with Crippen LogP contribution in [0, 0.1) is 5.92 Å². The molecule has 8 nitrogen and oxygen atoms in total. The highest BCUT2D eigenvalue weighted by atomic mass is 16.6. The van der Waals surface area contributed by atoms with Crippen molar-refractivity contribution in [3.63, 3.8) is 0 Å². The summed E-state index contributed by atoms with van der Waals surface area (Å²) in [4.78, 5) is 35.2. The van der Waals surface area contributed by atoms with Crippen LogP contribution in [0.3, 0.4) is 0 Å². The van der Waals surface area contributed by atoms with E-state index in [0.29, 0.717) is 43.9 Å². The first-order valence-corrected chi connectivity index (χ1v) is 10.1. The zero-order chi connectivity index (χ0) is 19.2. The minimum absolute atomic E-state index is 0.210. The SMILES string of the molecule is CC(C)(C)OC(=O)N1CCN2C(NCC3CC(=O)N(C4CC4)C3)=NCC2C1. The quantitative estimate of drug-likeness (QED) is 0.790. The van der Waals surface area contributed by atoms with Crippen LogP contribution in [0.15, 0.2) is 4.99 Å². The molecule has 0 bridgehead atoms. The van der Waals surface area contributed by atoms with E-state index in [-0.39, 0.29) is 12.1 Å². The number of hydrogen-bond donors (Lipinski definition) is 1. The second kappa shape index (κ2) is 6.87. The summed E-state index contributed by atoms with van der Waals surface area (Å²) in [5.74, 6) is 1.59. The van der Waals surface area contributed by atoms with Gasteiger partial charge in [-0.25, -0.2) is 4.79 Å². The summed E-state index contributed by atoms with van der Waals surface area (Å²) in [5, 5.41) is 3.47. The molecule has 0 radical (unpaired) electrons. The third-order valence-electron chi connectivity index (χ3n) is 5.63. The molecule has 1 saturated carbocycles. The molecule has 3 heterocycles. The third-order valence-corrected chi connectivity index (χ3v) is 5.63. The highest BCUT2D eigenvalue weighted by Gasteiger charge is 2.40. The lowest BCUT2D eigenvalue weighted by atomic mass is 10.1. The van der Waals surface area contributed by atoms with Gasteiger partial charge in [0, 0.05) is 51.1 Å². The van der Waals surface area contributed by atoms with Crippen LogP contribution >= 0.6 is 0 Å². The molecule has 0 spiro atoms. The molecule has 2 amide bonds. The average molecular weight is 377 g/mol. The van der Waals surface area contributed by atoms with E-state index in [9.17, 15) is 9.59 Å². The Hall–Kier alpha value is -1.99. The number of rotatable bonds is 3. The second-order valence-corrected chi connectivity index (χ2v) is 9.17. The first kappa shape index (κ1) is 18.4. The van der Waals surface area contributed by atoms with Gasteiger partial charge < -0.3 is 24.8 Å². The van der Waals surface area contributed by atoms with Crippen LogP contribution in [0.1, 0.15) is 40.0 Å². The number of carbonyl (C=O) groups is 2. The van der Waals surface area contributed by atoms with Crippen molar-refractivity contribution in [2.24, 2.45) is 10.9 Å². The number of piperazine rings is 1. The highest BCUT2D eigenvalue weighted by Crippen LogP contribution is 2.32. The molecular formula is C19H31N5O3. The van der Waals surface area contributed by atoms with Gasteiger partial charge in [-0.05, 0) is 33.6 Å². The van der Waals surface area contributed by atoms with Crippen molar-refractivity contribution in [3.05, 3.63) is 0 Å². The predicted molar refractivity (Wildman–Crippen MR) is 101 cm³/mol. The van der Waals surface area contributed by atoms with Crippen molar-refractivity contribution < 1.29 is 14.3 Å². The number of nitrogens with one attached hydrogen (secondary N) is 1. The Balaban J connectivity index is 1.24. The van der Waals surface area contributed by atoms with Crippen LogP contribution in [-0.4, -0.2) is 89.6 Å². The van der Waals surface area contributed by atoms with Gasteiger partial charge >= 0.3 is 6.09 Å². The number of amides is 2. The molecule has 1 N–H and O–H groups in total. The highest BCUT2D eigenvalue weighted by molar-refractivity contribution is 5.83. The number of hydrogen-bond acceptors (Lipinski definition) is 6. The van der Waals surface area contributed by atoms with Gasteiger partial charge in [0.15, 0.2) is 5.96 Å². The molecule has 4 aliphatic rings. The first-order valence-electron chi connectivity index (χ1n) is 10.1. The number of guanidine groups is 1. The van der Waals surface area contributed by atoms with E-state index in [1.165, 1.54) is 12.8 Å². The number of nitrogens with zero attached hydrogens (tertiary/aromatic N) is 4. The number of ether oxygens (including phenoxy) is 1. The lowest BCUT2D eigenvalue weighted by Crippen LogP contribution is -2.57. The predicted octanol–water partition coefficient (Wildman–Crippen LogP) is 0.878. The minimum Gasteiger partial charge on any atom is -0.444 e. The molecule has 2 saturated heterocycles. The van der Waals surface area contributed by atoms with Gasteiger partial charge in [0.1, 0.15) is 5.60 Å². The largest absolute Gasteiger partial charge is 0.444 e. The Morgan fingerprint density at radius 3 is 2.67 bits per heavy atom. The summed E-state index contributed by atoms with van der Waals surface area (Å²) in [6, 6.07) is 0.721. The van der Waals surface area contributed by atoms with Gasteiger partial charge in [-0.1, -0.05) is 0 Å². The van der Waals surface area contributed by atoms with E-state index in [0.717, 1.165) is 25.6 Å². The smallest absolute Gasteiger partial charge is 0.410 e. The van der Waals surface area contributed by atoms with Crippen LogP contribution in [0.5, 0.6) is 0 Å². The molecule has 2 unspecified atom stereocenters. The van der Waals surface area contributed by atoms with Gasteiger partial charge in [-0.3, -0.25) is 9.79 Å². The van der Waals surface area contributed by atoms with Crippen molar-refractivity contribution in [1.82, 2.24) is 20.0 Å². The van der Waals surface area contributed by atoms with Crippen LogP contribution < -0.4 is 5.32 Å². The Kier molecular flexibility index (Phi) is 4.68. The van der Waals surface area contributed by atoms with Gasteiger partial charge in [0.2, 0.25) is 5.91 Å². The molecule has 150 valence electrons. The summed E-state index contributed by atoms with van der Waals surface area (Å²) < 4.78 is 5.49. The Morgan fingerprint density at radius 2 is 1.96 bits per heavy atom. The minimum atomic E-state index is -0.472. The lowest BCUT2D eigenvalue weighted by Gasteiger charge is -2.39. The summed E-state index contributed by atoms with van der Waals surface area (Å²) >= 11 is 0. The summed E-state index contributed by atoms with van der Waals surface area (Å²) in [7, 11) is 0. The monoisotopic (exact) mass is 377 g/mol. The van der Waals surface area contributed by atoms with Gasteiger partial charge in [-0.2, -0.15) is 0 Å². The maximum atomic E-state index is 12.3. The standard InChI is InChI=1S/C19H31N5O3/c1-19(2,3)27-18(26)22-6-7-23-15(12-22)10-21-17(23)20-9-13-8-16(25)24(11-13)14-4-5-14/h13-15H,4-12H2,1-3H3,(H,20,21). The van der Waals surface area contributed by atoms with Crippen molar-refractivity contribution in [2.75, 3.05) is 39.3 Å². The van der Waals surface area contributed by atoms with E-state index in [1.807, 2.05) is 20.8 Å². The normalized spacial score (nSPS) is 28.3. The van der Waals surface area contributed by atoms with Crippen LogP contribution in [-0.2, 0) is 9.53 Å². The van der Waals surface area contributed by atoms with E-state index >= 15 is 0 Å². The molecule has 3 aliphatic heterocycles. The Bertz CT molecular complexity index is 640. The first-order chi connectivity index (χ1) is 12.8. The van der Waals surface area contributed by atoms with Crippen molar-refractivity contribution >= 4 is 18.0 Å².